The zero-order valence-electron chi connectivity index (χ0n) is 11.2. The number of hydrogen-bond donors (Lipinski definition) is 1. The average molecular weight is 268 g/mol. The number of likely N-dealkylation sites (N-methyl/N-ethyl adjacent to an activating group) is 1. The third-order valence-corrected chi connectivity index (χ3v) is 4.00. The highest BCUT2D eigenvalue weighted by molar-refractivity contribution is 6.30. The van der Waals surface area contributed by atoms with Crippen LogP contribution >= 0.6 is 11.6 Å². The van der Waals surface area contributed by atoms with Gasteiger partial charge in [0, 0.05) is 17.7 Å². The zero-order chi connectivity index (χ0) is 13.0. The molecule has 1 aliphatic heterocycles. The van der Waals surface area contributed by atoms with Crippen molar-refractivity contribution in [3.05, 3.63) is 34.9 Å². The summed E-state index contributed by atoms with van der Waals surface area (Å²) in [6, 6.07) is 8.46. The molecule has 18 heavy (non-hydrogen) atoms. The van der Waals surface area contributed by atoms with Crippen LogP contribution in [0.3, 0.4) is 0 Å². The maximum Gasteiger partial charge on any atom is 0.0810 e. The predicted molar refractivity (Wildman–Crippen MR) is 76.2 cm³/mol. The molecular formula is C15H22ClNO. The van der Waals surface area contributed by atoms with E-state index in [1.807, 2.05) is 18.2 Å². The normalized spacial score (nSPS) is 25.3. The van der Waals surface area contributed by atoms with Crippen molar-refractivity contribution in [2.45, 2.75) is 44.8 Å². The van der Waals surface area contributed by atoms with Crippen LogP contribution in [-0.4, -0.2) is 24.8 Å². The molecule has 2 unspecified atom stereocenters. The molecule has 1 heterocycles. The summed E-state index contributed by atoms with van der Waals surface area (Å²) in [5.41, 5.74) is 1.23. The lowest BCUT2D eigenvalue weighted by Crippen LogP contribution is -2.49. The summed E-state index contributed by atoms with van der Waals surface area (Å²) in [7, 11) is 0. The molecule has 0 spiro atoms. The maximum absolute atomic E-state index is 6.05. The van der Waals surface area contributed by atoms with Crippen molar-refractivity contribution in [3.8, 4) is 0 Å². The van der Waals surface area contributed by atoms with Gasteiger partial charge in [-0.15, -0.1) is 0 Å². The number of halogens is 1. The van der Waals surface area contributed by atoms with Crippen LogP contribution in [-0.2, 0) is 11.2 Å². The molecule has 100 valence electrons. The lowest BCUT2D eigenvalue weighted by atomic mass is 9.88. The predicted octanol–water partition coefficient (Wildman–Crippen LogP) is 3.43. The summed E-state index contributed by atoms with van der Waals surface area (Å²) in [5, 5.41) is 4.37. The minimum Gasteiger partial charge on any atom is -0.374 e. The number of benzene rings is 1. The van der Waals surface area contributed by atoms with Gasteiger partial charge in [0.05, 0.1) is 5.60 Å². The highest BCUT2D eigenvalue weighted by atomic mass is 35.5. The van der Waals surface area contributed by atoms with Crippen molar-refractivity contribution in [3.63, 3.8) is 0 Å². The van der Waals surface area contributed by atoms with E-state index in [1.165, 1.54) is 5.56 Å². The molecule has 1 saturated heterocycles. The Hall–Kier alpha value is -0.570. The second-order valence-corrected chi connectivity index (χ2v) is 5.65. The third-order valence-electron chi connectivity index (χ3n) is 3.77. The van der Waals surface area contributed by atoms with Crippen molar-refractivity contribution in [1.29, 1.82) is 0 Å². The molecule has 2 nitrogen and oxygen atoms in total. The second kappa shape index (κ2) is 6.05. The SMILES string of the molecule is CCNC(Cc1cccc(Cl)c1)C1(C)CCCO1. The van der Waals surface area contributed by atoms with Crippen molar-refractivity contribution >= 4 is 11.6 Å². The van der Waals surface area contributed by atoms with Crippen LogP contribution in [0.4, 0.5) is 0 Å². The molecule has 0 aromatic heterocycles. The molecule has 1 aromatic rings. The van der Waals surface area contributed by atoms with E-state index in [2.05, 4.69) is 25.2 Å². The monoisotopic (exact) mass is 267 g/mol. The molecule has 0 aliphatic carbocycles. The van der Waals surface area contributed by atoms with Crippen molar-refractivity contribution < 1.29 is 4.74 Å². The van der Waals surface area contributed by atoms with E-state index in [9.17, 15) is 0 Å². The van der Waals surface area contributed by atoms with Crippen LogP contribution in [0.1, 0.15) is 32.3 Å². The van der Waals surface area contributed by atoms with Gasteiger partial charge >= 0.3 is 0 Å². The highest BCUT2D eigenvalue weighted by Crippen LogP contribution is 2.30. The van der Waals surface area contributed by atoms with Crippen molar-refractivity contribution in [2.24, 2.45) is 0 Å². The number of nitrogens with one attached hydrogen (secondary N) is 1. The smallest absolute Gasteiger partial charge is 0.0810 e. The lowest BCUT2D eigenvalue weighted by molar-refractivity contribution is -0.0110. The summed E-state index contributed by atoms with van der Waals surface area (Å²) >= 11 is 6.05. The third kappa shape index (κ3) is 3.25. The minimum absolute atomic E-state index is 0.0433. The van der Waals surface area contributed by atoms with Gasteiger partial charge in [0.15, 0.2) is 0 Å². The summed E-state index contributed by atoms with van der Waals surface area (Å²) in [5.74, 6) is 0. The lowest BCUT2D eigenvalue weighted by Gasteiger charge is -2.34. The van der Waals surface area contributed by atoms with Gasteiger partial charge in [-0.25, -0.2) is 0 Å². The first-order valence-corrected chi connectivity index (χ1v) is 7.13. The molecule has 2 rings (SSSR count). The average Bonchev–Trinajstić information content (AvgIpc) is 2.77. The molecule has 0 bridgehead atoms. The number of ether oxygens (including phenoxy) is 1. The Kier molecular flexibility index (Phi) is 4.66. The Balaban J connectivity index is 2.10. The molecule has 1 N–H and O–H groups in total. The van der Waals surface area contributed by atoms with Crippen LogP contribution in [0.25, 0.3) is 0 Å². The molecule has 0 saturated carbocycles. The van der Waals surface area contributed by atoms with Crippen LogP contribution in [0, 0.1) is 0 Å². The second-order valence-electron chi connectivity index (χ2n) is 5.21. The molecular weight excluding hydrogens is 246 g/mol. The van der Waals surface area contributed by atoms with Crippen LogP contribution in [0.5, 0.6) is 0 Å². The largest absolute Gasteiger partial charge is 0.374 e. The van der Waals surface area contributed by atoms with E-state index in [-0.39, 0.29) is 5.60 Å². The summed E-state index contributed by atoms with van der Waals surface area (Å²) in [4.78, 5) is 0. The van der Waals surface area contributed by atoms with E-state index in [0.29, 0.717) is 6.04 Å². The van der Waals surface area contributed by atoms with Crippen LogP contribution < -0.4 is 5.32 Å². The molecule has 1 fully saturated rings. The van der Waals surface area contributed by atoms with Gasteiger partial charge in [-0.3, -0.25) is 0 Å². The number of hydrogen-bond acceptors (Lipinski definition) is 2. The van der Waals surface area contributed by atoms with Crippen LogP contribution in [0.2, 0.25) is 5.02 Å². The van der Waals surface area contributed by atoms with Crippen LogP contribution in [0.15, 0.2) is 24.3 Å². The van der Waals surface area contributed by atoms with Gasteiger partial charge < -0.3 is 10.1 Å². The molecule has 1 aromatic carbocycles. The summed E-state index contributed by atoms with van der Waals surface area (Å²) in [6.07, 6.45) is 3.25. The molecule has 0 radical (unpaired) electrons. The maximum atomic E-state index is 6.05. The fourth-order valence-electron chi connectivity index (χ4n) is 2.73. The first kappa shape index (κ1) is 13.9. The van der Waals surface area contributed by atoms with Gasteiger partial charge in [-0.1, -0.05) is 30.7 Å². The first-order valence-electron chi connectivity index (χ1n) is 6.76. The summed E-state index contributed by atoms with van der Waals surface area (Å²) in [6.45, 7) is 6.21. The van der Waals surface area contributed by atoms with Gasteiger partial charge in [-0.05, 0) is 50.4 Å². The quantitative estimate of drug-likeness (QED) is 0.883. The van der Waals surface area contributed by atoms with Crippen molar-refractivity contribution in [1.82, 2.24) is 5.32 Å². The zero-order valence-corrected chi connectivity index (χ0v) is 12.0. The Labute approximate surface area is 115 Å². The molecule has 0 amide bonds. The van der Waals surface area contributed by atoms with E-state index < -0.39 is 0 Å². The highest BCUT2D eigenvalue weighted by Gasteiger charge is 2.37. The topological polar surface area (TPSA) is 21.3 Å². The van der Waals surface area contributed by atoms with Crippen molar-refractivity contribution in [2.75, 3.05) is 13.2 Å². The fourth-order valence-corrected chi connectivity index (χ4v) is 2.94. The minimum atomic E-state index is -0.0433. The molecule has 1 aliphatic rings. The van der Waals surface area contributed by atoms with E-state index >= 15 is 0 Å². The van der Waals surface area contributed by atoms with E-state index in [0.717, 1.165) is 37.4 Å². The molecule has 2 atom stereocenters. The molecule has 3 heteroatoms. The Morgan fingerprint density at radius 1 is 1.50 bits per heavy atom. The van der Waals surface area contributed by atoms with Gasteiger partial charge in [-0.2, -0.15) is 0 Å². The Bertz CT molecular complexity index is 388. The van der Waals surface area contributed by atoms with Gasteiger partial charge in [0.25, 0.3) is 0 Å². The van der Waals surface area contributed by atoms with Gasteiger partial charge in [0.2, 0.25) is 0 Å². The first-order chi connectivity index (χ1) is 8.64. The van der Waals surface area contributed by atoms with Gasteiger partial charge in [0.1, 0.15) is 0 Å². The Morgan fingerprint density at radius 3 is 2.94 bits per heavy atom. The Morgan fingerprint density at radius 2 is 2.33 bits per heavy atom. The van der Waals surface area contributed by atoms with E-state index in [4.69, 9.17) is 16.3 Å². The standard InChI is InChI=1S/C15H22ClNO/c1-3-17-14(15(2)8-5-9-18-15)11-12-6-4-7-13(16)10-12/h4,6-7,10,14,17H,3,5,8-9,11H2,1-2H3. The van der Waals surface area contributed by atoms with E-state index in [1.54, 1.807) is 0 Å². The summed E-state index contributed by atoms with van der Waals surface area (Å²) < 4.78 is 5.96. The fraction of sp³-hybridized carbons (Fsp3) is 0.600. The number of rotatable bonds is 5.